The summed E-state index contributed by atoms with van der Waals surface area (Å²) < 4.78 is 0. The molecule has 1 rings (SSSR count). The molecule has 1 atom stereocenters. The molecule has 0 heterocycles. The first-order valence-electron chi connectivity index (χ1n) is 5.45. The first-order valence-corrected chi connectivity index (χ1v) is 5.45. The second-order valence-corrected chi connectivity index (χ2v) is 4.07. The van der Waals surface area contributed by atoms with E-state index in [1.807, 2.05) is 6.08 Å². The smallest absolute Gasteiger partial charge is 0.133 e. The molecule has 0 aromatic heterocycles. The molecule has 1 aliphatic carbocycles. The normalized spacial score (nSPS) is 24.0. The maximum absolute atomic E-state index is 11.3. The number of carbonyl (C=O) groups excluding carboxylic acids is 1. The maximum Gasteiger partial charge on any atom is 0.133 e. The standard InChI is InChI=1S/C12H20O/c1-2-3-4-7-11-8-5-6-9-12(13)10-11/h2,11H,1,3-10H2/t11-/m0/s1. The molecule has 0 amide bonds. The summed E-state index contributed by atoms with van der Waals surface area (Å²) in [5.74, 6) is 1.16. The van der Waals surface area contributed by atoms with Gasteiger partial charge in [0.05, 0.1) is 0 Å². The predicted molar refractivity (Wildman–Crippen MR) is 55.6 cm³/mol. The lowest BCUT2D eigenvalue weighted by Gasteiger charge is -2.11. The van der Waals surface area contributed by atoms with Gasteiger partial charge in [-0.25, -0.2) is 0 Å². The lowest BCUT2D eigenvalue weighted by Crippen LogP contribution is -2.04. The van der Waals surface area contributed by atoms with E-state index in [4.69, 9.17) is 0 Å². The minimum absolute atomic E-state index is 0.487. The van der Waals surface area contributed by atoms with Crippen LogP contribution in [0.2, 0.25) is 0 Å². The summed E-state index contributed by atoms with van der Waals surface area (Å²) in [6, 6.07) is 0. The Morgan fingerprint density at radius 1 is 1.46 bits per heavy atom. The second-order valence-electron chi connectivity index (χ2n) is 4.07. The van der Waals surface area contributed by atoms with Crippen LogP contribution in [0.4, 0.5) is 0 Å². The highest BCUT2D eigenvalue weighted by Gasteiger charge is 2.16. The van der Waals surface area contributed by atoms with Gasteiger partial charge in [-0.1, -0.05) is 18.9 Å². The van der Waals surface area contributed by atoms with Crippen LogP contribution in [0, 0.1) is 5.92 Å². The molecule has 0 bridgehead atoms. The van der Waals surface area contributed by atoms with E-state index in [1.54, 1.807) is 0 Å². The van der Waals surface area contributed by atoms with E-state index in [0.29, 0.717) is 11.7 Å². The lowest BCUT2D eigenvalue weighted by atomic mass is 9.94. The van der Waals surface area contributed by atoms with Crippen LogP contribution in [0.1, 0.15) is 51.4 Å². The molecule has 0 aromatic carbocycles. The Labute approximate surface area is 81.2 Å². The maximum atomic E-state index is 11.3. The fraction of sp³-hybridized carbons (Fsp3) is 0.750. The third-order valence-corrected chi connectivity index (χ3v) is 2.85. The molecule has 1 heteroatoms. The summed E-state index contributed by atoms with van der Waals surface area (Å²) in [6.45, 7) is 3.71. The minimum Gasteiger partial charge on any atom is -0.300 e. The molecule has 0 N–H and O–H groups in total. The Kier molecular flexibility index (Phi) is 4.81. The Bertz CT molecular complexity index is 172. The Morgan fingerprint density at radius 3 is 3.08 bits per heavy atom. The van der Waals surface area contributed by atoms with E-state index in [9.17, 15) is 4.79 Å². The molecule has 0 aromatic rings. The Morgan fingerprint density at radius 2 is 2.31 bits per heavy atom. The zero-order valence-corrected chi connectivity index (χ0v) is 8.43. The van der Waals surface area contributed by atoms with Gasteiger partial charge in [0.25, 0.3) is 0 Å². The molecule has 0 spiro atoms. The van der Waals surface area contributed by atoms with Crippen molar-refractivity contribution in [3.63, 3.8) is 0 Å². The summed E-state index contributed by atoms with van der Waals surface area (Å²) in [4.78, 5) is 11.3. The summed E-state index contributed by atoms with van der Waals surface area (Å²) in [5, 5.41) is 0. The van der Waals surface area contributed by atoms with Crippen molar-refractivity contribution in [1.29, 1.82) is 0 Å². The Hall–Kier alpha value is -0.590. The van der Waals surface area contributed by atoms with Crippen LogP contribution in [0.25, 0.3) is 0 Å². The number of carbonyl (C=O) groups is 1. The number of hydrogen-bond donors (Lipinski definition) is 0. The van der Waals surface area contributed by atoms with Crippen molar-refractivity contribution in [3.05, 3.63) is 12.7 Å². The van der Waals surface area contributed by atoms with E-state index >= 15 is 0 Å². The number of rotatable bonds is 4. The van der Waals surface area contributed by atoms with E-state index < -0.39 is 0 Å². The highest BCUT2D eigenvalue weighted by molar-refractivity contribution is 5.78. The van der Waals surface area contributed by atoms with Gasteiger partial charge in [0.15, 0.2) is 0 Å². The predicted octanol–water partition coefficient (Wildman–Crippen LogP) is 3.49. The fourth-order valence-corrected chi connectivity index (χ4v) is 2.08. The van der Waals surface area contributed by atoms with Crippen LogP contribution in [-0.4, -0.2) is 5.78 Å². The van der Waals surface area contributed by atoms with Gasteiger partial charge in [-0.05, 0) is 31.6 Å². The van der Waals surface area contributed by atoms with Crippen LogP contribution in [0.15, 0.2) is 12.7 Å². The van der Waals surface area contributed by atoms with Crippen LogP contribution >= 0.6 is 0 Å². The van der Waals surface area contributed by atoms with Crippen molar-refractivity contribution < 1.29 is 4.79 Å². The van der Waals surface area contributed by atoms with Crippen LogP contribution in [0.5, 0.6) is 0 Å². The molecular formula is C12H20O. The molecule has 13 heavy (non-hydrogen) atoms. The van der Waals surface area contributed by atoms with Gasteiger partial charge >= 0.3 is 0 Å². The molecule has 1 aliphatic rings. The molecule has 0 unspecified atom stereocenters. The summed E-state index contributed by atoms with van der Waals surface area (Å²) in [6.07, 6.45) is 10.8. The average molecular weight is 180 g/mol. The van der Waals surface area contributed by atoms with E-state index in [0.717, 1.165) is 25.7 Å². The molecular weight excluding hydrogens is 160 g/mol. The summed E-state index contributed by atoms with van der Waals surface area (Å²) in [5.41, 5.74) is 0. The van der Waals surface area contributed by atoms with Crippen molar-refractivity contribution in [2.75, 3.05) is 0 Å². The first-order chi connectivity index (χ1) is 6.33. The quantitative estimate of drug-likeness (QED) is 0.367. The SMILES string of the molecule is C=CCCC[C@H]1CCCCC(=O)C1. The van der Waals surface area contributed by atoms with Gasteiger partial charge < -0.3 is 0 Å². The van der Waals surface area contributed by atoms with E-state index in [2.05, 4.69) is 6.58 Å². The number of allylic oxidation sites excluding steroid dienone is 1. The number of hydrogen-bond acceptors (Lipinski definition) is 1. The highest BCUT2D eigenvalue weighted by Crippen LogP contribution is 2.24. The summed E-state index contributed by atoms with van der Waals surface area (Å²) in [7, 11) is 0. The number of unbranched alkanes of at least 4 members (excludes halogenated alkanes) is 1. The van der Waals surface area contributed by atoms with Crippen molar-refractivity contribution in [3.8, 4) is 0 Å². The zero-order chi connectivity index (χ0) is 9.52. The molecule has 74 valence electrons. The first kappa shape index (κ1) is 10.5. The topological polar surface area (TPSA) is 17.1 Å². The third kappa shape index (κ3) is 4.25. The van der Waals surface area contributed by atoms with Crippen LogP contribution in [-0.2, 0) is 4.79 Å². The van der Waals surface area contributed by atoms with Gasteiger partial charge in [-0.3, -0.25) is 4.79 Å². The molecule has 0 aliphatic heterocycles. The van der Waals surface area contributed by atoms with E-state index in [1.165, 1.54) is 25.7 Å². The lowest BCUT2D eigenvalue weighted by molar-refractivity contribution is -0.119. The average Bonchev–Trinajstić information content (AvgIpc) is 2.31. The Balaban J connectivity index is 2.22. The monoisotopic (exact) mass is 180 g/mol. The fourth-order valence-electron chi connectivity index (χ4n) is 2.08. The highest BCUT2D eigenvalue weighted by atomic mass is 16.1. The van der Waals surface area contributed by atoms with Crippen LogP contribution < -0.4 is 0 Å². The van der Waals surface area contributed by atoms with Gasteiger partial charge in [0, 0.05) is 12.8 Å². The molecule has 1 nitrogen and oxygen atoms in total. The minimum atomic E-state index is 0.487. The van der Waals surface area contributed by atoms with Gasteiger partial charge in [0.2, 0.25) is 0 Å². The van der Waals surface area contributed by atoms with Crippen LogP contribution in [0.3, 0.4) is 0 Å². The summed E-state index contributed by atoms with van der Waals surface area (Å²) >= 11 is 0. The number of Topliss-reactive ketones (excluding diaryl/α,β-unsaturated/α-hetero) is 1. The van der Waals surface area contributed by atoms with Crippen molar-refractivity contribution in [2.45, 2.75) is 51.4 Å². The van der Waals surface area contributed by atoms with Gasteiger partial charge in [-0.15, -0.1) is 6.58 Å². The van der Waals surface area contributed by atoms with Crippen molar-refractivity contribution in [2.24, 2.45) is 5.92 Å². The van der Waals surface area contributed by atoms with E-state index in [-0.39, 0.29) is 0 Å². The van der Waals surface area contributed by atoms with Gasteiger partial charge in [-0.2, -0.15) is 0 Å². The number of ketones is 1. The second kappa shape index (κ2) is 5.95. The largest absolute Gasteiger partial charge is 0.300 e. The van der Waals surface area contributed by atoms with Crippen molar-refractivity contribution in [1.82, 2.24) is 0 Å². The molecule has 1 saturated carbocycles. The molecule has 0 radical (unpaired) electrons. The zero-order valence-electron chi connectivity index (χ0n) is 8.43. The molecule has 1 fully saturated rings. The molecule has 0 saturated heterocycles. The van der Waals surface area contributed by atoms with Gasteiger partial charge in [0.1, 0.15) is 5.78 Å². The van der Waals surface area contributed by atoms with Crippen molar-refractivity contribution >= 4 is 5.78 Å². The third-order valence-electron chi connectivity index (χ3n) is 2.85.